The third kappa shape index (κ3) is 8.34. The van der Waals surface area contributed by atoms with Crippen LogP contribution in [-0.4, -0.2) is 0 Å². The molecule has 4 nitrogen and oxygen atoms in total. The van der Waals surface area contributed by atoms with Crippen molar-refractivity contribution in [1.29, 1.82) is 5.26 Å². The molecule has 0 atom stereocenters. The maximum absolute atomic E-state index is 10.4. The highest BCUT2D eigenvalue weighted by molar-refractivity contribution is 5.96. The fourth-order valence-corrected chi connectivity index (χ4v) is 9.10. The number of anilines is 6. The van der Waals surface area contributed by atoms with E-state index in [9.17, 15) is 5.26 Å². The first kappa shape index (κ1) is 41.2. The fourth-order valence-electron chi connectivity index (χ4n) is 9.10. The van der Waals surface area contributed by atoms with Gasteiger partial charge in [-0.05, 0) is 150 Å². The van der Waals surface area contributed by atoms with Crippen LogP contribution in [0.1, 0.15) is 22.3 Å². The summed E-state index contributed by atoms with van der Waals surface area (Å²) in [5.74, 6) is 0. The maximum Gasteiger partial charge on any atom is 0.194 e. The van der Waals surface area contributed by atoms with Crippen molar-refractivity contribution in [2.45, 2.75) is 0 Å². The van der Waals surface area contributed by atoms with E-state index in [0.29, 0.717) is 11.3 Å². The molecule has 11 aromatic carbocycles. The monoisotopic (exact) mass is 866 g/mol. The fraction of sp³-hybridized carbons (Fsp3) is 0. The molecule has 0 aliphatic carbocycles. The first-order chi connectivity index (χ1) is 33.6. The summed E-state index contributed by atoms with van der Waals surface area (Å²) in [5, 5.41) is 19.8. The average molecular weight is 867 g/mol. The van der Waals surface area contributed by atoms with E-state index in [0.717, 1.165) is 56.4 Å². The second-order valence-corrected chi connectivity index (χ2v) is 16.9. The molecule has 0 N–H and O–H groups in total. The normalized spacial score (nSPS) is 11.7. The van der Waals surface area contributed by atoms with Crippen molar-refractivity contribution in [3.05, 3.63) is 276 Å². The van der Waals surface area contributed by atoms with Gasteiger partial charge >= 0.3 is 0 Å². The zero-order valence-electron chi connectivity index (χ0n) is 37.0. The van der Waals surface area contributed by atoms with Crippen LogP contribution in [0, 0.1) is 17.9 Å². The van der Waals surface area contributed by atoms with Gasteiger partial charge in [0.25, 0.3) is 0 Å². The van der Waals surface area contributed by atoms with E-state index in [1.54, 1.807) is 0 Å². The van der Waals surface area contributed by atoms with Gasteiger partial charge in [-0.1, -0.05) is 170 Å². The Balaban J connectivity index is 0.853. The van der Waals surface area contributed by atoms with Crippen molar-refractivity contribution in [2.75, 3.05) is 9.80 Å². The van der Waals surface area contributed by atoms with Gasteiger partial charge in [0, 0.05) is 34.1 Å². The molecule has 0 aromatic heterocycles. The van der Waals surface area contributed by atoms with Crippen LogP contribution in [0.4, 0.5) is 34.1 Å². The third-order valence-electron chi connectivity index (χ3n) is 12.6. The van der Waals surface area contributed by atoms with Gasteiger partial charge in [0.05, 0.1) is 18.2 Å². The molecule has 0 amide bonds. The van der Waals surface area contributed by atoms with Crippen LogP contribution in [0.2, 0.25) is 0 Å². The quantitative estimate of drug-likeness (QED) is 0.0780. The van der Waals surface area contributed by atoms with Crippen molar-refractivity contribution >= 4 is 101 Å². The Morgan fingerprint density at radius 2 is 0.662 bits per heavy atom. The second-order valence-electron chi connectivity index (χ2n) is 16.9. The Morgan fingerprint density at radius 1 is 0.353 bits per heavy atom. The number of allylic oxidation sites excluding steroid dienone is 1. The van der Waals surface area contributed by atoms with Crippen molar-refractivity contribution < 1.29 is 0 Å². The minimum atomic E-state index is 0.544. The molecule has 0 heterocycles. The highest BCUT2D eigenvalue weighted by atomic mass is 15.1. The summed E-state index contributed by atoms with van der Waals surface area (Å²) in [7, 11) is 0. The number of hydrogen-bond acceptors (Lipinski definition) is 3. The van der Waals surface area contributed by atoms with E-state index in [-0.39, 0.29) is 0 Å². The van der Waals surface area contributed by atoms with Crippen LogP contribution >= 0.6 is 0 Å². The number of hydrogen-bond donors (Lipinski definition) is 0. The van der Waals surface area contributed by atoms with Crippen molar-refractivity contribution in [2.24, 2.45) is 0 Å². The molecule has 11 rings (SSSR count). The van der Waals surface area contributed by atoms with Crippen molar-refractivity contribution in [1.82, 2.24) is 0 Å². The highest BCUT2D eigenvalue weighted by Crippen LogP contribution is 2.40. The molecule has 0 fully saturated rings. The highest BCUT2D eigenvalue weighted by Gasteiger charge is 2.17. The molecule has 0 unspecified atom stereocenters. The Bertz CT molecular complexity index is 3400. The number of benzene rings is 11. The molecule has 0 spiro atoms. The summed E-state index contributed by atoms with van der Waals surface area (Å²) in [6.07, 6.45) is 3.83. The Morgan fingerprint density at radius 3 is 1.00 bits per heavy atom. The zero-order valence-corrected chi connectivity index (χ0v) is 37.0. The summed E-state index contributed by atoms with van der Waals surface area (Å²) in [6.45, 7) is 8.16. The zero-order chi connectivity index (χ0) is 45.8. The topological polar surface area (TPSA) is 34.6 Å². The molecule has 0 radical (unpaired) electrons. The second kappa shape index (κ2) is 18.2. The van der Waals surface area contributed by atoms with E-state index in [2.05, 4.69) is 215 Å². The molecule has 4 heteroatoms. The van der Waals surface area contributed by atoms with Gasteiger partial charge < -0.3 is 9.80 Å². The summed E-state index contributed by atoms with van der Waals surface area (Å²) in [6, 6.07) is 86.7. The lowest BCUT2D eigenvalue weighted by Gasteiger charge is -2.26. The van der Waals surface area contributed by atoms with E-state index in [4.69, 9.17) is 6.57 Å². The lowest BCUT2D eigenvalue weighted by Crippen LogP contribution is -2.10. The third-order valence-corrected chi connectivity index (χ3v) is 12.6. The molecule has 0 aliphatic heterocycles. The largest absolute Gasteiger partial charge is 0.310 e. The predicted molar refractivity (Wildman–Crippen MR) is 287 cm³/mol. The summed E-state index contributed by atoms with van der Waals surface area (Å²) < 4.78 is 0. The van der Waals surface area contributed by atoms with Crippen molar-refractivity contribution in [3.63, 3.8) is 0 Å². The molecule has 318 valence electrons. The standard InChI is InChI=1S/C64H42N4/c1-66-64(52-28-32-59(33-29-52)68(62-36-26-49-12-4-8-16-55(49)42-62)63-37-27-50-13-5-9-17-56(50)43-63)39-46-20-18-45(19-21-46)38-57(44-65)51-22-30-58(31-23-51)67(60-34-24-47-10-2-6-14-53(47)40-60)61-35-25-48-11-3-7-15-54(48)41-61/h2-43H/b57-38+,64-39-. The first-order valence-corrected chi connectivity index (χ1v) is 22.6. The van der Waals surface area contributed by atoms with Crippen LogP contribution in [-0.2, 0) is 0 Å². The Kier molecular flexibility index (Phi) is 11.0. The van der Waals surface area contributed by atoms with Gasteiger partial charge in [-0.3, -0.25) is 0 Å². The van der Waals surface area contributed by atoms with E-state index in [1.165, 1.54) is 43.1 Å². The van der Waals surface area contributed by atoms with Gasteiger partial charge in [-0.25, -0.2) is 4.85 Å². The molecule has 0 saturated heterocycles. The minimum absolute atomic E-state index is 0.544. The van der Waals surface area contributed by atoms with Crippen LogP contribution in [0.25, 0.3) is 71.4 Å². The summed E-state index contributed by atoms with van der Waals surface area (Å²) >= 11 is 0. The lowest BCUT2D eigenvalue weighted by molar-refractivity contribution is 1.29. The minimum Gasteiger partial charge on any atom is -0.310 e. The van der Waals surface area contributed by atoms with Gasteiger partial charge in [-0.15, -0.1) is 0 Å². The molecular weight excluding hydrogens is 825 g/mol. The number of fused-ring (bicyclic) bond motifs is 4. The average Bonchev–Trinajstić information content (AvgIpc) is 3.40. The van der Waals surface area contributed by atoms with Crippen molar-refractivity contribution in [3.8, 4) is 6.07 Å². The van der Waals surface area contributed by atoms with Crippen LogP contribution < -0.4 is 9.80 Å². The van der Waals surface area contributed by atoms with Crippen LogP contribution in [0.15, 0.2) is 243 Å². The van der Waals surface area contributed by atoms with E-state index < -0.39 is 0 Å². The van der Waals surface area contributed by atoms with Crippen LogP contribution in [0.3, 0.4) is 0 Å². The Labute approximate surface area is 396 Å². The predicted octanol–water partition coefficient (Wildman–Crippen LogP) is 17.7. The summed E-state index contributed by atoms with van der Waals surface area (Å²) in [4.78, 5) is 8.50. The smallest absolute Gasteiger partial charge is 0.194 e. The molecule has 11 aromatic rings. The Hall–Kier alpha value is -9.48. The number of nitriles is 1. The lowest BCUT2D eigenvalue weighted by atomic mass is 10.0. The molecule has 0 saturated carbocycles. The molecule has 68 heavy (non-hydrogen) atoms. The van der Waals surface area contributed by atoms with E-state index in [1.807, 2.05) is 60.7 Å². The van der Waals surface area contributed by atoms with Crippen LogP contribution in [0.5, 0.6) is 0 Å². The van der Waals surface area contributed by atoms with Gasteiger partial charge in [-0.2, -0.15) is 5.26 Å². The summed E-state index contributed by atoms with van der Waals surface area (Å²) in [5.41, 5.74) is 10.8. The van der Waals surface area contributed by atoms with E-state index >= 15 is 0 Å². The number of nitrogens with zero attached hydrogens (tertiary/aromatic N) is 4. The number of rotatable bonds is 10. The maximum atomic E-state index is 10.4. The van der Waals surface area contributed by atoms with Gasteiger partial charge in [0.1, 0.15) is 0 Å². The van der Waals surface area contributed by atoms with Gasteiger partial charge in [0.15, 0.2) is 5.70 Å². The molecular formula is C64H42N4. The SMILES string of the molecule is [C-]#[N+]/C(=C\c1ccc(/C=C(\C#N)c2ccc(N(c3ccc4ccccc4c3)c3ccc4ccccc4c3)cc2)cc1)c1ccc(N(c2ccc3ccccc3c2)c2ccc3ccccc3c2)cc1. The molecule has 0 bridgehead atoms. The van der Waals surface area contributed by atoms with Gasteiger partial charge in [0.2, 0.25) is 0 Å². The molecule has 0 aliphatic rings. The first-order valence-electron chi connectivity index (χ1n) is 22.6.